The molecule has 1 saturated heterocycles. The van der Waals surface area contributed by atoms with Crippen LogP contribution in [0.25, 0.3) is 0 Å². The van der Waals surface area contributed by atoms with E-state index in [4.69, 9.17) is 4.74 Å². The van der Waals surface area contributed by atoms with Crippen LogP contribution in [0.1, 0.15) is 52.9 Å². The first-order chi connectivity index (χ1) is 6.57. The first kappa shape index (κ1) is 11.9. The molecule has 1 aliphatic rings. The Morgan fingerprint density at radius 1 is 1.43 bits per heavy atom. The van der Waals surface area contributed by atoms with Crippen molar-refractivity contribution in [2.45, 2.75) is 63.1 Å². The van der Waals surface area contributed by atoms with Crippen molar-refractivity contribution in [3.63, 3.8) is 0 Å². The maximum atomic E-state index is 11.2. The van der Waals surface area contributed by atoms with E-state index >= 15 is 0 Å². The number of unbranched alkanes of at least 4 members (excludes halogenated alkanes) is 3. The Morgan fingerprint density at radius 2 is 2.14 bits per heavy atom. The maximum Gasteiger partial charge on any atom is 0.320 e. The van der Waals surface area contributed by atoms with Crippen molar-refractivity contribution >= 4 is 17.7 Å². The molecule has 0 aromatic carbocycles. The van der Waals surface area contributed by atoms with Gasteiger partial charge in [-0.05, 0) is 26.7 Å². The minimum atomic E-state index is -0.246. The third-order valence-electron chi connectivity index (χ3n) is 2.56. The number of ether oxygens (including phenoxy) is 1. The van der Waals surface area contributed by atoms with E-state index in [1.54, 1.807) is 11.8 Å². The normalized spacial score (nSPS) is 31.9. The van der Waals surface area contributed by atoms with Crippen LogP contribution in [0.3, 0.4) is 0 Å². The Hall–Kier alpha value is -0.180. The van der Waals surface area contributed by atoms with Gasteiger partial charge in [0.05, 0.1) is 0 Å². The number of rotatable bonds is 5. The molecule has 14 heavy (non-hydrogen) atoms. The standard InChI is InChI=1S/C11H20O2S/c1-4-5-6-7-8-11(3)13-10(12)9(2)14-11/h9H,4-8H2,1-3H3. The van der Waals surface area contributed by atoms with Crippen molar-refractivity contribution in [3.8, 4) is 0 Å². The largest absolute Gasteiger partial charge is 0.447 e. The van der Waals surface area contributed by atoms with Crippen LogP contribution in [0, 0.1) is 0 Å². The van der Waals surface area contributed by atoms with Gasteiger partial charge < -0.3 is 4.74 Å². The van der Waals surface area contributed by atoms with Crippen LogP contribution in [0.2, 0.25) is 0 Å². The summed E-state index contributed by atoms with van der Waals surface area (Å²) in [4.78, 5) is 11.0. The fraction of sp³-hybridized carbons (Fsp3) is 0.909. The van der Waals surface area contributed by atoms with Gasteiger partial charge in [-0.15, -0.1) is 11.8 Å². The molecule has 82 valence electrons. The summed E-state index contributed by atoms with van der Waals surface area (Å²) in [5, 5.41) is 0.0196. The molecule has 2 atom stereocenters. The van der Waals surface area contributed by atoms with Crippen LogP contribution in [0.15, 0.2) is 0 Å². The molecule has 0 aliphatic carbocycles. The predicted octanol–water partition coefficient (Wildman–Crippen LogP) is 3.35. The molecule has 2 nitrogen and oxygen atoms in total. The van der Waals surface area contributed by atoms with Crippen LogP contribution >= 0.6 is 11.8 Å². The molecule has 2 unspecified atom stereocenters. The van der Waals surface area contributed by atoms with E-state index in [0.29, 0.717) is 0 Å². The monoisotopic (exact) mass is 216 g/mol. The van der Waals surface area contributed by atoms with Crippen molar-refractivity contribution in [1.82, 2.24) is 0 Å². The topological polar surface area (TPSA) is 26.3 Å². The quantitative estimate of drug-likeness (QED) is 0.521. The Labute approximate surface area is 90.8 Å². The molecule has 0 aromatic heterocycles. The summed E-state index contributed by atoms with van der Waals surface area (Å²) in [7, 11) is 0. The molecule has 0 saturated carbocycles. The molecule has 0 radical (unpaired) electrons. The summed E-state index contributed by atoms with van der Waals surface area (Å²) in [6.45, 7) is 6.16. The molecule has 0 N–H and O–H groups in total. The first-order valence-corrected chi connectivity index (χ1v) is 6.36. The summed E-state index contributed by atoms with van der Waals surface area (Å²) in [5.41, 5.74) is 0. The van der Waals surface area contributed by atoms with E-state index in [0.717, 1.165) is 12.8 Å². The van der Waals surface area contributed by atoms with Gasteiger partial charge in [-0.1, -0.05) is 26.2 Å². The van der Waals surface area contributed by atoms with E-state index in [2.05, 4.69) is 6.92 Å². The molecule has 0 spiro atoms. The van der Waals surface area contributed by atoms with Gasteiger partial charge in [0, 0.05) is 0 Å². The third-order valence-corrected chi connectivity index (χ3v) is 3.89. The zero-order chi connectivity index (χ0) is 10.6. The fourth-order valence-electron chi connectivity index (χ4n) is 1.72. The predicted molar refractivity (Wildman–Crippen MR) is 60.3 cm³/mol. The van der Waals surface area contributed by atoms with Crippen LogP contribution in [-0.2, 0) is 9.53 Å². The number of cyclic esters (lactones) is 1. The number of hydrogen-bond acceptors (Lipinski definition) is 3. The number of thioether (sulfide) groups is 1. The summed E-state index contributed by atoms with van der Waals surface area (Å²) < 4.78 is 5.37. The van der Waals surface area contributed by atoms with Crippen molar-refractivity contribution in [3.05, 3.63) is 0 Å². The first-order valence-electron chi connectivity index (χ1n) is 5.48. The second kappa shape index (κ2) is 5.06. The Kier molecular flexibility index (Phi) is 4.30. The van der Waals surface area contributed by atoms with Crippen molar-refractivity contribution in [2.24, 2.45) is 0 Å². The van der Waals surface area contributed by atoms with Gasteiger partial charge in [-0.3, -0.25) is 4.79 Å². The minimum absolute atomic E-state index is 0.0196. The molecule has 1 heterocycles. The summed E-state index contributed by atoms with van der Waals surface area (Å²) in [6.07, 6.45) is 5.94. The Balaban J connectivity index is 2.26. The Bertz CT molecular complexity index is 205. The second-order valence-electron chi connectivity index (χ2n) is 4.13. The summed E-state index contributed by atoms with van der Waals surface area (Å²) in [5.74, 6) is -0.0482. The highest BCUT2D eigenvalue weighted by Crippen LogP contribution is 2.41. The lowest BCUT2D eigenvalue weighted by Gasteiger charge is -2.21. The minimum Gasteiger partial charge on any atom is -0.447 e. The number of carbonyl (C=O) groups excluding carboxylic acids is 1. The van der Waals surface area contributed by atoms with E-state index in [1.165, 1.54) is 19.3 Å². The van der Waals surface area contributed by atoms with Crippen molar-refractivity contribution in [2.75, 3.05) is 0 Å². The number of carbonyl (C=O) groups is 1. The van der Waals surface area contributed by atoms with E-state index in [-0.39, 0.29) is 16.2 Å². The van der Waals surface area contributed by atoms with Gasteiger partial charge in [0.25, 0.3) is 0 Å². The van der Waals surface area contributed by atoms with Gasteiger partial charge in [-0.25, -0.2) is 0 Å². The lowest BCUT2D eigenvalue weighted by Crippen LogP contribution is -2.20. The molecule has 0 aromatic rings. The molecule has 0 bridgehead atoms. The van der Waals surface area contributed by atoms with Gasteiger partial charge in [0.1, 0.15) is 5.25 Å². The average Bonchev–Trinajstić information content (AvgIpc) is 2.36. The molecule has 1 aliphatic heterocycles. The van der Waals surface area contributed by atoms with Gasteiger partial charge in [-0.2, -0.15) is 0 Å². The third kappa shape index (κ3) is 3.19. The lowest BCUT2D eigenvalue weighted by molar-refractivity contribution is -0.147. The van der Waals surface area contributed by atoms with E-state index in [1.807, 2.05) is 13.8 Å². The second-order valence-corrected chi connectivity index (χ2v) is 5.93. The van der Waals surface area contributed by atoms with Crippen LogP contribution < -0.4 is 0 Å². The van der Waals surface area contributed by atoms with E-state index < -0.39 is 0 Å². The SMILES string of the molecule is CCCCCCC1(C)OC(=O)C(C)S1. The van der Waals surface area contributed by atoms with Gasteiger partial charge in [0.2, 0.25) is 0 Å². The molecule has 1 fully saturated rings. The average molecular weight is 216 g/mol. The van der Waals surface area contributed by atoms with Crippen molar-refractivity contribution in [1.29, 1.82) is 0 Å². The van der Waals surface area contributed by atoms with Crippen LogP contribution in [0.5, 0.6) is 0 Å². The molecular formula is C11H20O2S. The summed E-state index contributed by atoms with van der Waals surface area (Å²) >= 11 is 1.66. The molecule has 0 amide bonds. The van der Waals surface area contributed by atoms with Crippen LogP contribution in [-0.4, -0.2) is 16.2 Å². The Morgan fingerprint density at radius 3 is 2.64 bits per heavy atom. The number of hydrogen-bond donors (Lipinski definition) is 0. The lowest BCUT2D eigenvalue weighted by atomic mass is 10.1. The van der Waals surface area contributed by atoms with Gasteiger partial charge in [0.15, 0.2) is 4.93 Å². The number of esters is 1. The highest BCUT2D eigenvalue weighted by atomic mass is 32.2. The van der Waals surface area contributed by atoms with E-state index in [9.17, 15) is 4.79 Å². The fourth-order valence-corrected chi connectivity index (χ4v) is 3.01. The maximum absolute atomic E-state index is 11.2. The zero-order valence-corrected chi connectivity index (χ0v) is 10.2. The summed E-state index contributed by atoms with van der Waals surface area (Å²) in [6, 6.07) is 0. The highest BCUT2D eigenvalue weighted by Gasteiger charge is 2.41. The molecule has 3 heteroatoms. The highest BCUT2D eigenvalue weighted by molar-refractivity contribution is 8.02. The zero-order valence-electron chi connectivity index (χ0n) is 9.34. The molecule has 1 rings (SSSR count). The molecular weight excluding hydrogens is 196 g/mol. The van der Waals surface area contributed by atoms with Crippen molar-refractivity contribution < 1.29 is 9.53 Å². The van der Waals surface area contributed by atoms with Crippen LogP contribution in [0.4, 0.5) is 0 Å². The van der Waals surface area contributed by atoms with Gasteiger partial charge >= 0.3 is 5.97 Å². The smallest absolute Gasteiger partial charge is 0.320 e.